The number of carbonyl (C=O) groups is 2. The summed E-state index contributed by atoms with van der Waals surface area (Å²) in [5.74, 6) is 0.838. The quantitative estimate of drug-likeness (QED) is 0.513. The Bertz CT molecular complexity index is 1370. The van der Waals surface area contributed by atoms with E-state index in [1.807, 2.05) is 46.0 Å². The molecule has 0 aliphatic carbocycles. The van der Waals surface area contributed by atoms with Gasteiger partial charge < -0.3 is 24.6 Å². The summed E-state index contributed by atoms with van der Waals surface area (Å²) >= 11 is 0. The zero-order valence-corrected chi connectivity index (χ0v) is 22.4. The van der Waals surface area contributed by atoms with Crippen molar-refractivity contribution in [3.8, 4) is 17.1 Å². The molecule has 2 aliphatic rings. The molecule has 10 nitrogen and oxygen atoms in total. The third kappa shape index (κ3) is 5.44. The van der Waals surface area contributed by atoms with Gasteiger partial charge in [0.05, 0.1) is 18.1 Å². The number of aromatic nitrogens is 3. The van der Waals surface area contributed by atoms with E-state index < -0.39 is 5.60 Å². The van der Waals surface area contributed by atoms with E-state index in [2.05, 4.69) is 34.0 Å². The second-order valence-corrected chi connectivity index (χ2v) is 10.8. The molecule has 1 N–H and O–H groups in total. The first-order valence-electron chi connectivity index (χ1n) is 12.9. The van der Waals surface area contributed by atoms with Crippen LogP contribution >= 0.6 is 0 Å². The molecule has 2 fully saturated rings. The number of hydrogen-bond acceptors (Lipinski definition) is 7. The van der Waals surface area contributed by atoms with Crippen molar-refractivity contribution < 1.29 is 19.1 Å². The molecule has 200 valence electrons. The Morgan fingerprint density at radius 1 is 1.13 bits per heavy atom. The van der Waals surface area contributed by atoms with E-state index in [0.29, 0.717) is 43.4 Å². The van der Waals surface area contributed by atoms with E-state index in [1.54, 1.807) is 15.6 Å². The maximum Gasteiger partial charge on any atom is 0.410 e. The fourth-order valence-corrected chi connectivity index (χ4v) is 4.69. The first-order chi connectivity index (χ1) is 18.1. The number of fused-ring (bicyclic) bond motifs is 1. The zero-order valence-electron chi connectivity index (χ0n) is 22.4. The molecule has 0 radical (unpaired) electrons. The number of nitrogens with one attached hydrogen (secondary N) is 1. The Labute approximate surface area is 222 Å². The minimum atomic E-state index is -0.499. The number of hydrogen-bond donors (Lipinski definition) is 1. The van der Waals surface area contributed by atoms with Crippen molar-refractivity contribution in [1.82, 2.24) is 24.8 Å². The van der Waals surface area contributed by atoms with Crippen LogP contribution in [0.25, 0.3) is 16.8 Å². The molecule has 1 atom stereocenters. The highest BCUT2D eigenvalue weighted by atomic mass is 16.6. The van der Waals surface area contributed by atoms with Crippen LogP contribution in [0.1, 0.15) is 32.8 Å². The summed E-state index contributed by atoms with van der Waals surface area (Å²) in [5.41, 5.74) is 3.92. The smallest absolute Gasteiger partial charge is 0.410 e. The summed E-state index contributed by atoms with van der Waals surface area (Å²) in [6, 6.07) is 8.18. The molecule has 0 spiro atoms. The van der Waals surface area contributed by atoms with Gasteiger partial charge in [0.25, 0.3) is 0 Å². The Kier molecular flexibility index (Phi) is 6.73. The highest BCUT2D eigenvalue weighted by molar-refractivity contribution is 5.79. The highest BCUT2D eigenvalue weighted by Gasteiger charge is 2.27. The molecule has 4 heterocycles. The predicted molar refractivity (Wildman–Crippen MR) is 144 cm³/mol. The summed E-state index contributed by atoms with van der Waals surface area (Å²) in [5, 5.41) is 7.28. The molecule has 2 aromatic heterocycles. The SMILES string of the molecule is C=C(Oc1nc(-c2ccc(N3CCN(C(=O)OC(C)(C)C)CC3)cc2)cn2ncc(C)c12)[C@H]1CNC(=O)C1. The standard InChI is InChI=1S/C28H34N6O4/c1-18-15-30-34-17-23(31-26(25(18)34)37-19(2)21-14-24(35)29-16-21)20-6-8-22(9-7-20)32-10-12-33(13-11-32)27(36)38-28(3,4)5/h6-9,15,17,21H,2,10-14,16H2,1,3-5H3,(H,29,35)/t21-/m1/s1. The Morgan fingerprint density at radius 2 is 1.84 bits per heavy atom. The van der Waals surface area contributed by atoms with Crippen molar-refractivity contribution in [3.05, 3.63) is 54.6 Å². The summed E-state index contributed by atoms with van der Waals surface area (Å²) in [6.07, 6.45) is 3.75. The average Bonchev–Trinajstić information content (AvgIpc) is 3.49. The van der Waals surface area contributed by atoms with Crippen LogP contribution in [-0.2, 0) is 9.53 Å². The molecule has 1 aromatic carbocycles. The van der Waals surface area contributed by atoms with E-state index in [0.717, 1.165) is 35.4 Å². The van der Waals surface area contributed by atoms with Gasteiger partial charge in [0.1, 0.15) is 16.9 Å². The van der Waals surface area contributed by atoms with E-state index in [4.69, 9.17) is 14.5 Å². The van der Waals surface area contributed by atoms with Crippen LogP contribution in [-0.4, -0.2) is 69.8 Å². The van der Waals surface area contributed by atoms with Gasteiger partial charge in [-0.1, -0.05) is 18.7 Å². The van der Waals surface area contributed by atoms with Crippen LogP contribution in [0.2, 0.25) is 0 Å². The normalized spacial score (nSPS) is 18.0. The molecule has 2 amide bonds. The number of rotatable bonds is 5. The van der Waals surface area contributed by atoms with Crippen molar-refractivity contribution in [2.24, 2.45) is 5.92 Å². The van der Waals surface area contributed by atoms with Crippen LogP contribution < -0.4 is 15.0 Å². The summed E-state index contributed by atoms with van der Waals surface area (Å²) in [4.78, 5) is 32.9. The van der Waals surface area contributed by atoms with E-state index in [-0.39, 0.29) is 17.9 Å². The van der Waals surface area contributed by atoms with Crippen molar-refractivity contribution in [2.75, 3.05) is 37.6 Å². The third-order valence-corrected chi connectivity index (χ3v) is 6.77. The van der Waals surface area contributed by atoms with Gasteiger partial charge >= 0.3 is 6.09 Å². The van der Waals surface area contributed by atoms with Crippen molar-refractivity contribution in [3.63, 3.8) is 0 Å². The minimum Gasteiger partial charge on any atom is -0.444 e. The van der Waals surface area contributed by atoms with Crippen molar-refractivity contribution in [2.45, 2.75) is 39.7 Å². The molecule has 0 bridgehead atoms. The Morgan fingerprint density at radius 3 is 2.47 bits per heavy atom. The molecule has 2 saturated heterocycles. The molecule has 10 heteroatoms. The Balaban J connectivity index is 1.31. The second kappa shape index (κ2) is 10.00. The van der Waals surface area contributed by atoms with Crippen LogP contribution in [0.4, 0.5) is 10.5 Å². The maximum absolute atomic E-state index is 12.4. The van der Waals surface area contributed by atoms with Crippen LogP contribution in [0, 0.1) is 12.8 Å². The molecule has 38 heavy (non-hydrogen) atoms. The van der Waals surface area contributed by atoms with Gasteiger partial charge in [-0.15, -0.1) is 0 Å². The number of anilines is 1. The number of amides is 2. The molecule has 3 aromatic rings. The van der Waals surface area contributed by atoms with E-state index in [1.165, 1.54) is 0 Å². The van der Waals surface area contributed by atoms with Crippen LogP contribution in [0.15, 0.2) is 49.0 Å². The molecule has 0 unspecified atom stereocenters. The first-order valence-corrected chi connectivity index (χ1v) is 12.9. The zero-order chi connectivity index (χ0) is 27.0. The number of aryl methyl sites for hydroxylation is 1. The van der Waals surface area contributed by atoms with Gasteiger partial charge in [0, 0.05) is 61.9 Å². The predicted octanol–water partition coefficient (Wildman–Crippen LogP) is 3.79. The fraction of sp³-hybridized carbons (Fsp3) is 0.429. The summed E-state index contributed by atoms with van der Waals surface area (Å²) in [6.45, 7) is 14.9. The number of ether oxygens (including phenoxy) is 2. The topological polar surface area (TPSA) is 101 Å². The number of benzene rings is 1. The number of nitrogens with zero attached hydrogens (tertiary/aromatic N) is 5. The summed E-state index contributed by atoms with van der Waals surface area (Å²) < 4.78 is 13.4. The Hall–Kier alpha value is -4.08. The van der Waals surface area contributed by atoms with Crippen LogP contribution in [0.3, 0.4) is 0 Å². The minimum absolute atomic E-state index is 0.00140. The van der Waals surface area contributed by atoms with E-state index >= 15 is 0 Å². The summed E-state index contributed by atoms with van der Waals surface area (Å²) in [7, 11) is 0. The van der Waals surface area contributed by atoms with Gasteiger partial charge in [0.15, 0.2) is 0 Å². The van der Waals surface area contributed by atoms with Gasteiger partial charge in [-0.05, 0) is 39.8 Å². The van der Waals surface area contributed by atoms with Crippen molar-refractivity contribution >= 4 is 23.2 Å². The van der Waals surface area contributed by atoms with Crippen molar-refractivity contribution in [1.29, 1.82) is 0 Å². The molecular formula is C28H34N6O4. The third-order valence-electron chi connectivity index (χ3n) is 6.77. The molecule has 5 rings (SSSR count). The number of piperazine rings is 1. The molecular weight excluding hydrogens is 484 g/mol. The monoisotopic (exact) mass is 518 g/mol. The van der Waals surface area contributed by atoms with E-state index in [9.17, 15) is 9.59 Å². The van der Waals surface area contributed by atoms with Crippen LogP contribution in [0.5, 0.6) is 5.88 Å². The van der Waals surface area contributed by atoms with Gasteiger partial charge in [-0.25, -0.2) is 14.3 Å². The molecule has 2 aliphatic heterocycles. The number of carbonyl (C=O) groups excluding carboxylic acids is 2. The lowest BCUT2D eigenvalue weighted by Crippen LogP contribution is -2.50. The van der Waals surface area contributed by atoms with Gasteiger partial charge in [-0.2, -0.15) is 5.10 Å². The lowest BCUT2D eigenvalue weighted by atomic mass is 10.1. The van der Waals surface area contributed by atoms with Gasteiger partial charge in [-0.3, -0.25) is 4.79 Å². The second-order valence-electron chi connectivity index (χ2n) is 10.8. The lowest BCUT2D eigenvalue weighted by molar-refractivity contribution is -0.119. The lowest BCUT2D eigenvalue weighted by Gasteiger charge is -2.36. The fourth-order valence-electron chi connectivity index (χ4n) is 4.69. The molecule has 0 saturated carbocycles. The van der Waals surface area contributed by atoms with Gasteiger partial charge in [0.2, 0.25) is 11.8 Å². The highest BCUT2D eigenvalue weighted by Crippen LogP contribution is 2.30. The maximum atomic E-state index is 12.4. The largest absolute Gasteiger partial charge is 0.444 e. The first kappa shape index (κ1) is 25.6. The average molecular weight is 519 g/mol.